The Kier molecular flexibility index (Phi) is 3.03. The van der Waals surface area contributed by atoms with Crippen LogP contribution in [0.2, 0.25) is 0 Å². The lowest BCUT2D eigenvalue weighted by atomic mass is 9.97. The molecule has 1 atom stereocenters. The van der Waals surface area contributed by atoms with Crippen LogP contribution in [-0.2, 0) is 6.42 Å². The monoisotopic (exact) mass is 253 g/mol. The number of fused-ring (bicyclic) bond motifs is 1. The van der Waals surface area contributed by atoms with E-state index in [1.807, 2.05) is 0 Å². The first-order valence-corrected chi connectivity index (χ1v) is 6.74. The molecule has 1 aliphatic rings. The first-order valence-electron chi connectivity index (χ1n) is 6.74. The van der Waals surface area contributed by atoms with Crippen molar-refractivity contribution in [3.63, 3.8) is 0 Å². The summed E-state index contributed by atoms with van der Waals surface area (Å²) in [6, 6.07) is 13.0. The fourth-order valence-electron chi connectivity index (χ4n) is 2.75. The molecule has 2 nitrogen and oxygen atoms in total. The first-order chi connectivity index (χ1) is 9.17. The van der Waals surface area contributed by atoms with Crippen LogP contribution in [0.3, 0.4) is 0 Å². The predicted octanol–water partition coefficient (Wildman–Crippen LogP) is 3.23. The van der Waals surface area contributed by atoms with E-state index in [1.165, 1.54) is 27.8 Å². The van der Waals surface area contributed by atoms with E-state index in [0.29, 0.717) is 6.54 Å². The minimum Gasteiger partial charge on any atom is -0.488 e. The molecule has 0 fully saturated rings. The van der Waals surface area contributed by atoms with Gasteiger partial charge in [-0.1, -0.05) is 35.9 Å². The second kappa shape index (κ2) is 4.71. The molecule has 0 radical (unpaired) electrons. The van der Waals surface area contributed by atoms with E-state index in [4.69, 9.17) is 10.5 Å². The molecule has 0 spiro atoms. The lowest BCUT2D eigenvalue weighted by Gasteiger charge is -2.12. The highest BCUT2D eigenvalue weighted by Crippen LogP contribution is 2.39. The van der Waals surface area contributed by atoms with Gasteiger partial charge in [0, 0.05) is 18.5 Å². The molecule has 98 valence electrons. The average molecular weight is 253 g/mol. The molecule has 0 bridgehead atoms. The lowest BCUT2D eigenvalue weighted by molar-refractivity contribution is 0.242. The highest BCUT2D eigenvalue weighted by Gasteiger charge is 2.25. The van der Waals surface area contributed by atoms with Crippen molar-refractivity contribution in [2.24, 2.45) is 5.73 Å². The Bertz CT molecular complexity index is 619. The Morgan fingerprint density at radius 3 is 2.74 bits per heavy atom. The molecule has 0 saturated carbocycles. The summed E-state index contributed by atoms with van der Waals surface area (Å²) in [5, 5.41) is 0. The maximum Gasteiger partial charge on any atom is 0.130 e. The Labute approximate surface area is 114 Å². The highest BCUT2D eigenvalue weighted by molar-refractivity contribution is 5.74. The molecule has 2 heteroatoms. The smallest absolute Gasteiger partial charge is 0.130 e. The first kappa shape index (κ1) is 12.2. The van der Waals surface area contributed by atoms with Crippen LogP contribution < -0.4 is 10.5 Å². The third kappa shape index (κ3) is 2.24. The van der Waals surface area contributed by atoms with Crippen LogP contribution in [0.25, 0.3) is 11.1 Å². The zero-order valence-electron chi connectivity index (χ0n) is 11.4. The van der Waals surface area contributed by atoms with E-state index in [9.17, 15) is 0 Å². The molecule has 2 aromatic carbocycles. The van der Waals surface area contributed by atoms with Gasteiger partial charge in [0.25, 0.3) is 0 Å². The molecule has 0 aromatic heterocycles. The molecule has 19 heavy (non-hydrogen) atoms. The molecular weight excluding hydrogens is 234 g/mol. The Morgan fingerprint density at radius 2 is 2.00 bits per heavy atom. The van der Waals surface area contributed by atoms with Crippen molar-refractivity contribution in [2.75, 3.05) is 6.54 Å². The molecular formula is C17H19NO. The number of nitrogens with two attached hydrogens (primary N) is 1. The fraction of sp³-hybridized carbons (Fsp3) is 0.294. The van der Waals surface area contributed by atoms with Crippen LogP contribution in [0.5, 0.6) is 5.75 Å². The minimum atomic E-state index is 0.125. The third-order valence-electron chi connectivity index (χ3n) is 3.63. The van der Waals surface area contributed by atoms with Crippen molar-refractivity contribution in [3.8, 4) is 16.9 Å². The largest absolute Gasteiger partial charge is 0.488 e. The van der Waals surface area contributed by atoms with Crippen molar-refractivity contribution in [2.45, 2.75) is 26.4 Å². The molecule has 1 heterocycles. The number of aryl methyl sites for hydroxylation is 2. The van der Waals surface area contributed by atoms with E-state index in [0.717, 1.165) is 12.2 Å². The SMILES string of the molecule is Cc1cccc(-c2cc(C)cc3c2O[C@@H](CN)C3)c1. The summed E-state index contributed by atoms with van der Waals surface area (Å²) >= 11 is 0. The van der Waals surface area contributed by atoms with Crippen molar-refractivity contribution in [1.82, 2.24) is 0 Å². The molecule has 0 aliphatic carbocycles. The van der Waals surface area contributed by atoms with Crippen LogP contribution in [0.15, 0.2) is 36.4 Å². The van der Waals surface area contributed by atoms with Crippen molar-refractivity contribution in [1.29, 1.82) is 0 Å². The standard InChI is InChI=1S/C17H19NO/c1-11-4-3-5-13(6-11)16-8-12(2)7-14-9-15(10-18)19-17(14)16/h3-8,15H,9-10,18H2,1-2H3/t15-/m1/s1. The van der Waals surface area contributed by atoms with E-state index in [1.54, 1.807) is 0 Å². The molecule has 0 saturated heterocycles. The Morgan fingerprint density at radius 1 is 1.16 bits per heavy atom. The van der Waals surface area contributed by atoms with Gasteiger partial charge in [-0.05, 0) is 36.6 Å². The number of ether oxygens (including phenoxy) is 1. The average Bonchev–Trinajstić information content (AvgIpc) is 2.80. The number of benzene rings is 2. The quantitative estimate of drug-likeness (QED) is 0.891. The van der Waals surface area contributed by atoms with Gasteiger partial charge in [0.1, 0.15) is 11.9 Å². The molecule has 0 unspecified atom stereocenters. The normalized spacial score (nSPS) is 17.1. The second-order valence-corrected chi connectivity index (χ2v) is 5.35. The Balaban J connectivity index is 2.13. The van der Waals surface area contributed by atoms with Crippen LogP contribution >= 0.6 is 0 Å². The molecule has 2 N–H and O–H groups in total. The maximum atomic E-state index is 6.01. The van der Waals surface area contributed by atoms with Crippen molar-refractivity contribution in [3.05, 3.63) is 53.1 Å². The second-order valence-electron chi connectivity index (χ2n) is 5.35. The number of rotatable bonds is 2. The topological polar surface area (TPSA) is 35.2 Å². The summed E-state index contributed by atoms with van der Waals surface area (Å²) in [5.74, 6) is 1.02. The van der Waals surface area contributed by atoms with E-state index in [2.05, 4.69) is 50.2 Å². The van der Waals surface area contributed by atoms with Gasteiger partial charge < -0.3 is 10.5 Å². The summed E-state index contributed by atoms with van der Waals surface area (Å²) in [5.41, 5.74) is 12.0. The zero-order chi connectivity index (χ0) is 13.4. The zero-order valence-corrected chi connectivity index (χ0v) is 11.4. The summed E-state index contributed by atoms with van der Waals surface area (Å²) < 4.78 is 6.01. The molecule has 2 aromatic rings. The van der Waals surface area contributed by atoms with Crippen LogP contribution in [0.1, 0.15) is 16.7 Å². The summed E-state index contributed by atoms with van der Waals surface area (Å²) in [4.78, 5) is 0. The number of hydrogen-bond donors (Lipinski definition) is 1. The van der Waals surface area contributed by atoms with Gasteiger partial charge in [-0.15, -0.1) is 0 Å². The maximum absolute atomic E-state index is 6.01. The van der Waals surface area contributed by atoms with Gasteiger partial charge in [0.15, 0.2) is 0 Å². The van der Waals surface area contributed by atoms with Crippen LogP contribution in [0.4, 0.5) is 0 Å². The third-order valence-corrected chi connectivity index (χ3v) is 3.63. The van der Waals surface area contributed by atoms with Gasteiger partial charge in [-0.2, -0.15) is 0 Å². The van der Waals surface area contributed by atoms with Gasteiger partial charge in [0.05, 0.1) is 0 Å². The Hall–Kier alpha value is -1.80. The van der Waals surface area contributed by atoms with Crippen LogP contribution in [0, 0.1) is 13.8 Å². The lowest BCUT2D eigenvalue weighted by Crippen LogP contribution is -2.24. The fourth-order valence-corrected chi connectivity index (χ4v) is 2.75. The number of hydrogen-bond acceptors (Lipinski definition) is 2. The van der Waals surface area contributed by atoms with Crippen molar-refractivity contribution < 1.29 is 4.74 Å². The van der Waals surface area contributed by atoms with Gasteiger partial charge in [-0.25, -0.2) is 0 Å². The van der Waals surface area contributed by atoms with E-state index < -0.39 is 0 Å². The molecule has 0 amide bonds. The van der Waals surface area contributed by atoms with Gasteiger partial charge >= 0.3 is 0 Å². The minimum absolute atomic E-state index is 0.125. The predicted molar refractivity (Wildman–Crippen MR) is 78.5 cm³/mol. The van der Waals surface area contributed by atoms with E-state index >= 15 is 0 Å². The summed E-state index contributed by atoms with van der Waals surface area (Å²) in [6.07, 6.45) is 1.05. The van der Waals surface area contributed by atoms with Gasteiger partial charge in [0.2, 0.25) is 0 Å². The van der Waals surface area contributed by atoms with E-state index in [-0.39, 0.29) is 6.10 Å². The van der Waals surface area contributed by atoms with Crippen LogP contribution in [-0.4, -0.2) is 12.6 Å². The summed E-state index contributed by atoms with van der Waals surface area (Å²) in [6.45, 7) is 4.82. The molecule has 1 aliphatic heterocycles. The van der Waals surface area contributed by atoms with Crippen molar-refractivity contribution >= 4 is 0 Å². The highest BCUT2D eigenvalue weighted by atomic mass is 16.5. The summed E-state index contributed by atoms with van der Waals surface area (Å²) in [7, 11) is 0. The van der Waals surface area contributed by atoms with Gasteiger partial charge in [-0.3, -0.25) is 0 Å². The molecule has 3 rings (SSSR count).